The third-order valence-corrected chi connectivity index (χ3v) is 5.61. The van der Waals surface area contributed by atoms with Crippen LogP contribution in [0.15, 0.2) is 55.1 Å². The van der Waals surface area contributed by atoms with Crippen LogP contribution in [0.5, 0.6) is 0 Å². The molecule has 13 heteroatoms. The zero-order chi connectivity index (χ0) is 26.6. The van der Waals surface area contributed by atoms with Gasteiger partial charge in [-0.1, -0.05) is 24.9 Å². The second-order valence-corrected chi connectivity index (χ2v) is 8.39. The van der Waals surface area contributed by atoms with Crippen LogP contribution in [0.2, 0.25) is 5.02 Å². The highest BCUT2D eigenvalue weighted by molar-refractivity contribution is 6.31. The number of aromatic nitrogens is 4. The SMILES string of the molecule is CCCCC(=O)Nc1ncnc2c1ncn2-c1ccc(NC(=O)Nc2ccc(Cl)c(C(F)(F)F)c2)cc1. The summed E-state index contributed by atoms with van der Waals surface area (Å²) < 4.78 is 40.8. The smallest absolute Gasteiger partial charge is 0.309 e. The normalized spacial score (nSPS) is 11.4. The number of carbonyl (C=O) groups excluding carboxylic acids is 2. The van der Waals surface area contributed by atoms with Crippen LogP contribution < -0.4 is 16.0 Å². The monoisotopic (exact) mass is 531 g/mol. The molecule has 0 saturated heterocycles. The number of hydrogen-bond acceptors (Lipinski definition) is 5. The second kappa shape index (κ2) is 10.8. The molecule has 4 rings (SSSR count). The van der Waals surface area contributed by atoms with Gasteiger partial charge in [-0.15, -0.1) is 0 Å². The molecule has 2 aromatic heterocycles. The van der Waals surface area contributed by atoms with Crippen LogP contribution in [0, 0.1) is 0 Å². The van der Waals surface area contributed by atoms with E-state index in [-0.39, 0.29) is 11.6 Å². The van der Waals surface area contributed by atoms with Gasteiger partial charge >= 0.3 is 12.2 Å². The van der Waals surface area contributed by atoms with Crippen molar-refractivity contribution >= 4 is 51.9 Å². The molecule has 37 heavy (non-hydrogen) atoms. The summed E-state index contributed by atoms with van der Waals surface area (Å²) >= 11 is 5.61. The number of urea groups is 1. The van der Waals surface area contributed by atoms with E-state index in [1.807, 2.05) is 6.92 Å². The molecule has 0 bridgehead atoms. The minimum Gasteiger partial charge on any atom is -0.309 e. The summed E-state index contributed by atoms with van der Waals surface area (Å²) in [5.74, 6) is 0.161. The lowest BCUT2D eigenvalue weighted by molar-refractivity contribution is -0.137. The van der Waals surface area contributed by atoms with Crippen LogP contribution in [0.25, 0.3) is 16.9 Å². The van der Waals surface area contributed by atoms with Crippen molar-refractivity contribution in [2.45, 2.75) is 32.4 Å². The van der Waals surface area contributed by atoms with Crippen molar-refractivity contribution in [3.63, 3.8) is 0 Å². The first-order valence-electron chi connectivity index (χ1n) is 11.2. The number of carbonyl (C=O) groups is 2. The van der Waals surface area contributed by atoms with Crippen LogP contribution in [0.4, 0.5) is 35.2 Å². The topological polar surface area (TPSA) is 114 Å². The fourth-order valence-corrected chi connectivity index (χ4v) is 3.69. The molecule has 192 valence electrons. The maximum Gasteiger partial charge on any atom is 0.417 e. The number of nitrogens with zero attached hydrogens (tertiary/aromatic N) is 4. The molecule has 0 aliphatic heterocycles. The first-order chi connectivity index (χ1) is 17.7. The fourth-order valence-electron chi connectivity index (χ4n) is 3.47. The summed E-state index contributed by atoms with van der Waals surface area (Å²) in [7, 11) is 0. The van der Waals surface area contributed by atoms with Gasteiger partial charge in [0.1, 0.15) is 12.7 Å². The van der Waals surface area contributed by atoms with Crippen molar-refractivity contribution in [3.8, 4) is 5.69 Å². The number of imidazole rings is 1. The first-order valence-corrected chi connectivity index (χ1v) is 11.6. The molecular weight excluding hydrogens is 511 g/mol. The van der Waals surface area contributed by atoms with Gasteiger partial charge in [0.2, 0.25) is 5.91 Å². The molecule has 0 aliphatic carbocycles. The van der Waals surface area contributed by atoms with E-state index in [4.69, 9.17) is 11.6 Å². The molecule has 4 aromatic rings. The van der Waals surface area contributed by atoms with Crippen LogP contribution in [-0.2, 0) is 11.0 Å². The Morgan fingerprint density at radius 3 is 2.38 bits per heavy atom. The Hall–Kier alpha value is -4.19. The van der Waals surface area contributed by atoms with Gasteiger partial charge in [0.25, 0.3) is 0 Å². The van der Waals surface area contributed by atoms with Crippen LogP contribution in [0.3, 0.4) is 0 Å². The van der Waals surface area contributed by atoms with Gasteiger partial charge in [-0.3, -0.25) is 9.36 Å². The van der Waals surface area contributed by atoms with E-state index in [0.717, 1.165) is 25.0 Å². The number of fused-ring (bicyclic) bond motifs is 1. The molecule has 0 radical (unpaired) electrons. The minimum atomic E-state index is -4.65. The van der Waals surface area contributed by atoms with Crippen LogP contribution in [0.1, 0.15) is 31.7 Å². The molecule has 0 aliphatic rings. The molecule has 9 nitrogen and oxygen atoms in total. The molecule has 2 aromatic carbocycles. The third kappa shape index (κ3) is 6.15. The quantitative estimate of drug-likeness (QED) is 0.260. The number of halogens is 4. The molecule has 3 N–H and O–H groups in total. The summed E-state index contributed by atoms with van der Waals surface area (Å²) in [5, 5.41) is 7.21. The fraction of sp³-hybridized carbons (Fsp3) is 0.208. The highest BCUT2D eigenvalue weighted by Gasteiger charge is 2.33. The molecule has 0 saturated carbocycles. The van der Waals surface area contributed by atoms with Crippen LogP contribution >= 0.6 is 11.6 Å². The number of anilines is 3. The Balaban J connectivity index is 1.46. The predicted molar refractivity (Wildman–Crippen MR) is 134 cm³/mol. The Kier molecular flexibility index (Phi) is 7.58. The first kappa shape index (κ1) is 25.9. The van der Waals surface area contributed by atoms with Crippen molar-refractivity contribution in [2.24, 2.45) is 0 Å². The van der Waals surface area contributed by atoms with E-state index >= 15 is 0 Å². The van der Waals surface area contributed by atoms with E-state index < -0.39 is 22.8 Å². The Morgan fingerprint density at radius 2 is 1.68 bits per heavy atom. The molecule has 0 unspecified atom stereocenters. The van der Waals surface area contributed by atoms with Gasteiger partial charge < -0.3 is 16.0 Å². The standard InChI is InChI=1S/C24H21ClF3N7O2/c1-2-3-4-19(36)34-21-20-22(30-12-29-21)35(13-31-20)16-8-5-14(6-9-16)32-23(37)33-15-7-10-18(25)17(11-15)24(26,27)28/h5-13H,2-4H2,1H3,(H2,32,33,37)(H,29,30,34,36). The van der Waals surface area contributed by atoms with Gasteiger partial charge in [-0.25, -0.2) is 19.7 Å². The largest absolute Gasteiger partial charge is 0.417 e. The molecule has 0 fully saturated rings. The maximum atomic E-state index is 13.0. The number of rotatable bonds is 7. The third-order valence-electron chi connectivity index (χ3n) is 5.28. The van der Waals surface area contributed by atoms with E-state index in [2.05, 4.69) is 30.9 Å². The number of amides is 3. The summed E-state index contributed by atoms with van der Waals surface area (Å²) in [6.07, 6.45) is 0.262. The molecule has 0 spiro atoms. The van der Waals surface area contributed by atoms with E-state index in [1.54, 1.807) is 28.8 Å². The summed E-state index contributed by atoms with van der Waals surface area (Å²) in [4.78, 5) is 37.1. The molecular formula is C24H21ClF3N7O2. The van der Waals surface area contributed by atoms with Gasteiger partial charge in [-0.2, -0.15) is 13.2 Å². The van der Waals surface area contributed by atoms with E-state index in [0.29, 0.717) is 34.8 Å². The number of unbranched alkanes of at least 4 members (excludes halogenated alkanes) is 1. The van der Waals surface area contributed by atoms with Gasteiger partial charge in [0.05, 0.1) is 10.6 Å². The van der Waals surface area contributed by atoms with Crippen molar-refractivity contribution in [2.75, 3.05) is 16.0 Å². The lowest BCUT2D eigenvalue weighted by Crippen LogP contribution is -2.20. The van der Waals surface area contributed by atoms with Crippen LogP contribution in [-0.4, -0.2) is 31.5 Å². The summed E-state index contributed by atoms with van der Waals surface area (Å²) in [6.45, 7) is 2.00. The number of alkyl halides is 3. The number of benzene rings is 2. The summed E-state index contributed by atoms with van der Waals surface area (Å²) in [6, 6.07) is 8.98. The lowest BCUT2D eigenvalue weighted by atomic mass is 10.2. The predicted octanol–water partition coefficient (Wildman–Crippen LogP) is 6.26. The average Bonchev–Trinajstić information content (AvgIpc) is 3.29. The zero-order valence-electron chi connectivity index (χ0n) is 19.4. The van der Waals surface area contributed by atoms with E-state index in [9.17, 15) is 22.8 Å². The van der Waals surface area contributed by atoms with Gasteiger partial charge in [-0.05, 0) is 48.9 Å². The van der Waals surface area contributed by atoms with Gasteiger partial charge in [0, 0.05) is 23.5 Å². The summed E-state index contributed by atoms with van der Waals surface area (Å²) in [5.41, 5.74) is 0.860. The van der Waals surface area contributed by atoms with Crippen molar-refractivity contribution in [3.05, 3.63) is 65.7 Å². The molecule has 3 amide bonds. The Morgan fingerprint density at radius 1 is 0.973 bits per heavy atom. The number of nitrogens with one attached hydrogen (secondary N) is 3. The Labute approximate surface area is 214 Å². The lowest BCUT2D eigenvalue weighted by Gasteiger charge is -2.12. The van der Waals surface area contributed by atoms with Crippen molar-refractivity contribution < 1.29 is 22.8 Å². The van der Waals surface area contributed by atoms with Crippen molar-refractivity contribution in [1.82, 2.24) is 19.5 Å². The number of hydrogen-bond donors (Lipinski definition) is 3. The average molecular weight is 532 g/mol. The minimum absolute atomic E-state index is 0.0620. The van der Waals surface area contributed by atoms with E-state index in [1.165, 1.54) is 18.7 Å². The second-order valence-electron chi connectivity index (χ2n) is 7.98. The zero-order valence-corrected chi connectivity index (χ0v) is 20.2. The Bertz CT molecular complexity index is 1440. The maximum absolute atomic E-state index is 13.0. The molecule has 0 atom stereocenters. The highest BCUT2D eigenvalue weighted by Crippen LogP contribution is 2.36. The molecule has 2 heterocycles. The van der Waals surface area contributed by atoms with Crippen molar-refractivity contribution in [1.29, 1.82) is 0 Å². The highest BCUT2D eigenvalue weighted by atomic mass is 35.5. The van der Waals surface area contributed by atoms with Gasteiger partial charge in [0.15, 0.2) is 17.0 Å².